The molecule has 6 heteroatoms. The van der Waals surface area contributed by atoms with Crippen LogP contribution in [0.5, 0.6) is 0 Å². The molecule has 0 saturated carbocycles. The van der Waals surface area contributed by atoms with Crippen LogP contribution in [0.4, 0.5) is 0 Å². The number of hydrogen-bond donors (Lipinski definition) is 3. The fourth-order valence-electron chi connectivity index (χ4n) is 1.59. The molecule has 0 aliphatic rings. The van der Waals surface area contributed by atoms with E-state index in [0.29, 0.717) is 13.0 Å². The van der Waals surface area contributed by atoms with Crippen molar-refractivity contribution in [1.29, 1.82) is 0 Å². The van der Waals surface area contributed by atoms with Crippen LogP contribution in [0.3, 0.4) is 0 Å². The van der Waals surface area contributed by atoms with Gasteiger partial charge in [0.2, 0.25) is 0 Å². The second kappa shape index (κ2) is 5.92. The summed E-state index contributed by atoms with van der Waals surface area (Å²) in [5, 5.41) is 12.1. The molecule has 18 heavy (non-hydrogen) atoms. The third-order valence-corrected chi connectivity index (χ3v) is 2.53. The van der Waals surface area contributed by atoms with Gasteiger partial charge in [0.15, 0.2) is 0 Å². The molecule has 1 unspecified atom stereocenters. The first-order valence-corrected chi connectivity index (χ1v) is 5.59. The van der Waals surface area contributed by atoms with Gasteiger partial charge in [-0.1, -0.05) is 6.07 Å². The molecule has 0 aliphatic heterocycles. The maximum Gasteiger partial charge on any atom is 0.321 e. The van der Waals surface area contributed by atoms with Gasteiger partial charge < -0.3 is 10.1 Å². The predicted octanol–water partition coefficient (Wildman–Crippen LogP) is 0.590. The van der Waals surface area contributed by atoms with Crippen molar-refractivity contribution in [3.05, 3.63) is 48.3 Å². The van der Waals surface area contributed by atoms with Crippen LogP contribution in [0.1, 0.15) is 11.4 Å². The van der Waals surface area contributed by atoms with E-state index in [0.717, 1.165) is 11.4 Å². The largest absolute Gasteiger partial charge is 0.480 e. The Hall–Kier alpha value is -2.21. The first-order chi connectivity index (χ1) is 8.75. The molecule has 0 aliphatic carbocycles. The van der Waals surface area contributed by atoms with Crippen molar-refractivity contribution in [2.24, 2.45) is 0 Å². The summed E-state index contributed by atoms with van der Waals surface area (Å²) in [5.41, 5.74) is 1.60. The second-order valence-electron chi connectivity index (χ2n) is 3.87. The molecule has 0 amide bonds. The molecule has 2 rings (SSSR count). The van der Waals surface area contributed by atoms with Crippen LogP contribution >= 0.6 is 0 Å². The second-order valence-corrected chi connectivity index (χ2v) is 3.87. The number of aromatic amines is 1. The van der Waals surface area contributed by atoms with Gasteiger partial charge in [0.05, 0.1) is 12.0 Å². The minimum atomic E-state index is -0.888. The number of hydrogen-bond acceptors (Lipinski definition) is 4. The van der Waals surface area contributed by atoms with E-state index >= 15 is 0 Å². The van der Waals surface area contributed by atoms with E-state index in [-0.39, 0.29) is 0 Å². The highest BCUT2D eigenvalue weighted by Crippen LogP contribution is 2.00. The Kier molecular flexibility index (Phi) is 4.03. The van der Waals surface area contributed by atoms with E-state index < -0.39 is 12.0 Å². The summed E-state index contributed by atoms with van der Waals surface area (Å²) < 4.78 is 0. The number of nitrogens with one attached hydrogen (secondary N) is 2. The number of carbonyl (C=O) groups is 1. The highest BCUT2D eigenvalue weighted by atomic mass is 16.4. The van der Waals surface area contributed by atoms with Crippen molar-refractivity contribution in [1.82, 2.24) is 20.3 Å². The van der Waals surface area contributed by atoms with E-state index in [1.54, 1.807) is 12.4 Å². The molecule has 0 bridgehead atoms. The lowest BCUT2D eigenvalue weighted by Crippen LogP contribution is -2.38. The Morgan fingerprint density at radius 3 is 3.00 bits per heavy atom. The maximum atomic E-state index is 11.1. The average molecular weight is 246 g/mol. The van der Waals surface area contributed by atoms with Gasteiger partial charge in [-0.2, -0.15) is 0 Å². The van der Waals surface area contributed by atoms with E-state index in [1.807, 2.05) is 18.2 Å². The third kappa shape index (κ3) is 3.39. The van der Waals surface area contributed by atoms with E-state index in [2.05, 4.69) is 20.3 Å². The number of pyridine rings is 1. The molecule has 0 saturated heterocycles. The lowest BCUT2D eigenvalue weighted by Gasteiger charge is -2.13. The van der Waals surface area contributed by atoms with E-state index in [9.17, 15) is 4.79 Å². The van der Waals surface area contributed by atoms with Crippen molar-refractivity contribution >= 4 is 5.97 Å². The molecule has 0 fully saturated rings. The number of rotatable bonds is 6. The number of H-pyrrole nitrogens is 1. The molecule has 6 nitrogen and oxygen atoms in total. The molecule has 94 valence electrons. The molecule has 0 aromatic carbocycles. The van der Waals surface area contributed by atoms with E-state index in [4.69, 9.17) is 5.11 Å². The molecule has 0 spiro atoms. The summed E-state index contributed by atoms with van der Waals surface area (Å²) in [6.45, 7) is 0.423. The summed E-state index contributed by atoms with van der Waals surface area (Å²) in [5.74, 6) is -0.888. The molecule has 1 atom stereocenters. The minimum absolute atomic E-state index is 0.363. The maximum absolute atomic E-state index is 11.1. The fourth-order valence-corrected chi connectivity index (χ4v) is 1.59. The topological polar surface area (TPSA) is 90.9 Å². The van der Waals surface area contributed by atoms with Gasteiger partial charge in [-0.25, -0.2) is 4.98 Å². The summed E-state index contributed by atoms with van der Waals surface area (Å²) in [7, 11) is 0. The minimum Gasteiger partial charge on any atom is -0.480 e. The number of aliphatic carboxylic acids is 1. The molecule has 3 N–H and O–H groups in total. The number of carboxylic acid groups (broad SMARTS) is 1. The number of nitrogens with zero attached hydrogens (tertiary/aromatic N) is 2. The number of carboxylic acids is 1. The molecule has 0 radical (unpaired) electrons. The van der Waals surface area contributed by atoms with Crippen LogP contribution in [0.25, 0.3) is 0 Å². The van der Waals surface area contributed by atoms with Crippen LogP contribution in [-0.4, -0.2) is 32.1 Å². The van der Waals surface area contributed by atoms with Crippen LogP contribution in [-0.2, 0) is 17.8 Å². The average Bonchev–Trinajstić information content (AvgIpc) is 2.88. The molecule has 2 aromatic rings. The zero-order valence-corrected chi connectivity index (χ0v) is 9.71. The Morgan fingerprint density at radius 2 is 2.39 bits per heavy atom. The fraction of sp³-hybridized carbons (Fsp3) is 0.250. The smallest absolute Gasteiger partial charge is 0.321 e. The van der Waals surface area contributed by atoms with E-state index in [1.165, 1.54) is 6.33 Å². The first kappa shape index (κ1) is 12.3. The Bertz CT molecular complexity index is 484. The lowest BCUT2D eigenvalue weighted by atomic mass is 10.1. The van der Waals surface area contributed by atoms with Crippen molar-refractivity contribution in [3.63, 3.8) is 0 Å². The Labute approximate surface area is 104 Å². The van der Waals surface area contributed by atoms with Crippen molar-refractivity contribution < 1.29 is 9.90 Å². The molecular weight excluding hydrogens is 232 g/mol. The summed E-state index contributed by atoms with van der Waals surface area (Å²) in [6.07, 6.45) is 5.20. The van der Waals surface area contributed by atoms with Gasteiger partial charge >= 0.3 is 5.97 Å². The van der Waals surface area contributed by atoms with Gasteiger partial charge in [-0.05, 0) is 12.1 Å². The molecular formula is C12H14N4O2. The monoisotopic (exact) mass is 246 g/mol. The summed E-state index contributed by atoms with van der Waals surface area (Å²) >= 11 is 0. The number of aromatic nitrogens is 3. The summed E-state index contributed by atoms with van der Waals surface area (Å²) in [4.78, 5) is 22.0. The lowest BCUT2D eigenvalue weighted by molar-refractivity contribution is -0.139. The van der Waals surface area contributed by atoms with Gasteiger partial charge in [0.1, 0.15) is 6.04 Å². The van der Waals surface area contributed by atoms with Gasteiger partial charge in [-0.15, -0.1) is 0 Å². The highest BCUT2D eigenvalue weighted by Gasteiger charge is 2.17. The Morgan fingerprint density at radius 1 is 1.50 bits per heavy atom. The first-order valence-electron chi connectivity index (χ1n) is 5.59. The zero-order chi connectivity index (χ0) is 12.8. The van der Waals surface area contributed by atoms with Gasteiger partial charge in [0, 0.05) is 31.1 Å². The van der Waals surface area contributed by atoms with Gasteiger partial charge in [-0.3, -0.25) is 15.1 Å². The van der Waals surface area contributed by atoms with Crippen molar-refractivity contribution in [2.75, 3.05) is 0 Å². The SMILES string of the molecule is O=C(O)C(Cc1cnc[nH]1)NCc1ccccn1. The third-order valence-electron chi connectivity index (χ3n) is 2.53. The standard InChI is InChI=1S/C12H14N4O2/c17-12(18)11(5-10-6-13-8-16-10)15-7-9-3-1-2-4-14-9/h1-4,6,8,11,15H,5,7H2,(H,13,16)(H,17,18). The van der Waals surface area contributed by atoms with Gasteiger partial charge in [0.25, 0.3) is 0 Å². The molecule has 2 heterocycles. The number of imidazole rings is 1. The quantitative estimate of drug-likeness (QED) is 0.694. The summed E-state index contributed by atoms with van der Waals surface area (Å²) in [6, 6.07) is 4.88. The zero-order valence-electron chi connectivity index (χ0n) is 9.71. The predicted molar refractivity (Wildman–Crippen MR) is 64.8 cm³/mol. The normalized spacial score (nSPS) is 12.2. The van der Waals surface area contributed by atoms with Crippen LogP contribution in [0, 0.1) is 0 Å². The Balaban J connectivity index is 1.93. The van der Waals surface area contributed by atoms with Crippen molar-refractivity contribution in [2.45, 2.75) is 19.0 Å². The molecule has 2 aromatic heterocycles. The van der Waals surface area contributed by atoms with Crippen LogP contribution < -0.4 is 5.32 Å². The highest BCUT2D eigenvalue weighted by molar-refractivity contribution is 5.73. The van der Waals surface area contributed by atoms with Crippen LogP contribution in [0.2, 0.25) is 0 Å². The van der Waals surface area contributed by atoms with Crippen molar-refractivity contribution in [3.8, 4) is 0 Å². The van der Waals surface area contributed by atoms with Crippen LogP contribution in [0.15, 0.2) is 36.9 Å².